The van der Waals surface area contributed by atoms with Gasteiger partial charge in [-0.25, -0.2) is 0 Å². The first kappa shape index (κ1) is 16.3. The van der Waals surface area contributed by atoms with Crippen LogP contribution in [-0.4, -0.2) is 32.7 Å². The molecule has 0 saturated heterocycles. The molecule has 3 aromatic rings. The number of anilines is 1. The van der Waals surface area contributed by atoms with Crippen molar-refractivity contribution in [2.75, 3.05) is 11.4 Å². The highest BCUT2D eigenvalue weighted by Gasteiger charge is 2.17. The number of para-hydroxylation sites is 1. The Labute approximate surface area is 145 Å². The molecule has 0 aliphatic carbocycles. The smallest absolute Gasteiger partial charge is 0.251 e. The van der Waals surface area contributed by atoms with Gasteiger partial charge < -0.3 is 0 Å². The van der Waals surface area contributed by atoms with Gasteiger partial charge in [0.15, 0.2) is 0 Å². The first-order valence-corrected chi connectivity index (χ1v) is 7.74. The summed E-state index contributed by atoms with van der Waals surface area (Å²) in [5.74, 6) is 0.181. The molecule has 124 valence electrons. The number of rotatable bonds is 5. The lowest BCUT2D eigenvalue weighted by molar-refractivity contribution is -0.119. The van der Waals surface area contributed by atoms with E-state index in [4.69, 9.17) is 5.26 Å². The molecule has 0 fully saturated rings. The highest BCUT2D eigenvalue weighted by molar-refractivity contribution is 5.93. The molecular weight excluding hydrogens is 316 g/mol. The van der Waals surface area contributed by atoms with E-state index in [-0.39, 0.29) is 19.0 Å². The third-order valence-corrected chi connectivity index (χ3v) is 3.64. The summed E-state index contributed by atoms with van der Waals surface area (Å²) in [5, 5.41) is 21.2. The SMILES string of the molecule is Cc1ccc(-c2nnn(CC(=O)N(CC#N)c3ccccc3)n2)cc1. The molecule has 7 nitrogen and oxygen atoms in total. The van der Waals surface area contributed by atoms with Crippen LogP contribution >= 0.6 is 0 Å². The molecule has 0 radical (unpaired) electrons. The zero-order valence-corrected chi connectivity index (χ0v) is 13.7. The lowest BCUT2D eigenvalue weighted by atomic mass is 10.1. The van der Waals surface area contributed by atoms with Gasteiger partial charge in [0.1, 0.15) is 13.1 Å². The molecule has 3 rings (SSSR count). The van der Waals surface area contributed by atoms with Crippen LogP contribution in [0.25, 0.3) is 11.4 Å². The van der Waals surface area contributed by atoms with Crippen molar-refractivity contribution in [2.45, 2.75) is 13.5 Å². The molecular formula is C18H16N6O. The van der Waals surface area contributed by atoms with Crippen molar-refractivity contribution in [1.82, 2.24) is 20.2 Å². The van der Waals surface area contributed by atoms with E-state index in [1.54, 1.807) is 12.1 Å². The second-order valence-corrected chi connectivity index (χ2v) is 5.48. The minimum atomic E-state index is -0.277. The number of hydrogen-bond acceptors (Lipinski definition) is 5. The topological polar surface area (TPSA) is 87.7 Å². The number of tetrazole rings is 1. The number of hydrogen-bond donors (Lipinski definition) is 0. The second-order valence-electron chi connectivity index (χ2n) is 5.48. The van der Waals surface area contributed by atoms with Gasteiger partial charge in [-0.2, -0.15) is 10.1 Å². The number of carbonyl (C=O) groups is 1. The fraction of sp³-hybridized carbons (Fsp3) is 0.167. The van der Waals surface area contributed by atoms with Crippen molar-refractivity contribution in [2.24, 2.45) is 0 Å². The van der Waals surface area contributed by atoms with Gasteiger partial charge >= 0.3 is 0 Å². The van der Waals surface area contributed by atoms with Gasteiger partial charge in [-0.05, 0) is 24.3 Å². The van der Waals surface area contributed by atoms with Gasteiger partial charge in [0.05, 0.1) is 6.07 Å². The average molecular weight is 332 g/mol. The van der Waals surface area contributed by atoms with E-state index in [0.29, 0.717) is 11.5 Å². The lowest BCUT2D eigenvalue weighted by Gasteiger charge is -2.19. The van der Waals surface area contributed by atoms with Crippen molar-refractivity contribution < 1.29 is 4.79 Å². The second kappa shape index (κ2) is 7.36. The fourth-order valence-electron chi connectivity index (χ4n) is 2.34. The van der Waals surface area contributed by atoms with Crippen LogP contribution in [0.5, 0.6) is 0 Å². The van der Waals surface area contributed by atoms with Gasteiger partial charge in [0, 0.05) is 11.3 Å². The zero-order valence-electron chi connectivity index (χ0n) is 13.7. The molecule has 2 aromatic carbocycles. The van der Waals surface area contributed by atoms with Crippen LogP contribution in [0, 0.1) is 18.3 Å². The maximum absolute atomic E-state index is 12.5. The Kier molecular flexibility index (Phi) is 4.81. The lowest BCUT2D eigenvalue weighted by Crippen LogP contribution is -2.34. The van der Waals surface area contributed by atoms with E-state index in [9.17, 15) is 4.79 Å². The Morgan fingerprint density at radius 2 is 1.88 bits per heavy atom. The highest BCUT2D eigenvalue weighted by Crippen LogP contribution is 2.15. The third-order valence-electron chi connectivity index (χ3n) is 3.64. The van der Waals surface area contributed by atoms with Crippen molar-refractivity contribution in [1.29, 1.82) is 5.26 Å². The maximum atomic E-state index is 12.5. The number of nitrogens with zero attached hydrogens (tertiary/aromatic N) is 6. The van der Waals surface area contributed by atoms with E-state index >= 15 is 0 Å². The molecule has 0 N–H and O–H groups in total. The fourth-order valence-corrected chi connectivity index (χ4v) is 2.34. The number of nitriles is 1. The molecule has 25 heavy (non-hydrogen) atoms. The van der Waals surface area contributed by atoms with Crippen LogP contribution in [0.1, 0.15) is 5.56 Å². The molecule has 0 spiro atoms. The van der Waals surface area contributed by atoms with E-state index in [1.807, 2.05) is 55.5 Å². The summed E-state index contributed by atoms with van der Waals surface area (Å²) in [4.78, 5) is 15.2. The highest BCUT2D eigenvalue weighted by atomic mass is 16.2. The quantitative estimate of drug-likeness (QED) is 0.668. The summed E-state index contributed by atoms with van der Waals surface area (Å²) in [7, 11) is 0. The predicted octanol–water partition coefficient (Wildman–Crippen LogP) is 2.21. The summed E-state index contributed by atoms with van der Waals surface area (Å²) in [6.07, 6.45) is 0. The number of aromatic nitrogens is 4. The van der Waals surface area contributed by atoms with Gasteiger partial charge in [-0.3, -0.25) is 9.69 Å². The Morgan fingerprint density at radius 3 is 2.56 bits per heavy atom. The summed E-state index contributed by atoms with van der Waals surface area (Å²) >= 11 is 0. The van der Waals surface area contributed by atoms with Gasteiger partial charge in [-0.15, -0.1) is 10.2 Å². The molecule has 1 aromatic heterocycles. The minimum Gasteiger partial charge on any atom is -0.297 e. The first-order chi connectivity index (χ1) is 12.2. The monoisotopic (exact) mass is 332 g/mol. The molecule has 0 aliphatic rings. The summed E-state index contributed by atoms with van der Waals surface area (Å²) in [6.45, 7) is 1.87. The Bertz CT molecular complexity index is 895. The molecule has 0 bridgehead atoms. The number of carbonyl (C=O) groups excluding carboxylic acids is 1. The van der Waals surface area contributed by atoms with Gasteiger partial charge in [0.2, 0.25) is 5.82 Å². The molecule has 1 amide bonds. The van der Waals surface area contributed by atoms with Crippen LogP contribution in [0.4, 0.5) is 5.69 Å². The molecule has 0 saturated carbocycles. The maximum Gasteiger partial charge on any atom is 0.251 e. The van der Waals surface area contributed by atoms with E-state index in [1.165, 1.54) is 9.70 Å². The Balaban J connectivity index is 1.76. The van der Waals surface area contributed by atoms with Crippen LogP contribution in [-0.2, 0) is 11.3 Å². The van der Waals surface area contributed by atoms with Crippen LogP contribution in [0.15, 0.2) is 54.6 Å². The van der Waals surface area contributed by atoms with Gasteiger partial charge in [-0.1, -0.05) is 48.0 Å². The van der Waals surface area contributed by atoms with Crippen LogP contribution < -0.4 is 4.90 Å². The van der Waals surface area contributed by atoms with Crippen LogP contribution in [0.2, 0.25) is 0 Å². The minimum absolute atomic E-state index is 0.0393. The normalized spacial score (nSPS) is 10.2. The van der Waals surface area contributed by atoms with E-state index in [0.717, 1.165) is 11.1 Å². The Morgan fingerprint density at radius 1 is 1.16 bits per heavy atom. The van der Waals surface area contributed by atoms with Crippen molar-refractivity contribution in [3.63, 3.8) is 0 Å². The molecule has 7 heteroatoms. The first-order valence-electron chi connectivity index (χ1n) is 7.74. The van der Waals surface area contributed by atoms with Crippen molar-refractivity contribution in [3.8, 4) is 17.5 Å². The number of amides is 1. The van der Waals surface area contributed by atoms with Gasteiger partial charge in [0.25, 0.3) is 5.91 Å². The predicted molar refractivity (Wildman–Crippen MR) is 92.4 cm³/mol. The largest absolute Gasteiger partial charge is 0.297 e. The number of aryl methyl sites for hydroxylation is 1. The number of benzene rings is 2. The Hall–Kier alpha value is -3.53. The summed E-state index contributed by atoms with van der Waals surface area (Å²) in [6, 6.07) is 18.8. The zero-order chi connectivity index (χ0) is 17.6. The molecule has 0 unspecified atom stereocenters. The van der Waals surface area contributed by atoms with Crippen molar-refractivity contribution in [3.05, 3.63) is 60.2 Å². The summed E-state index contributed by atoms with van der Waals surface area (Å²) < 4.78 is 0. The van der Waals surface area contributed by atoms with Crippen LogP contribution in [0.3, 0.4) is 0 Å². The standard InChI is InChI=1S/C18H16N6O/c1-14-7-9-15(10-8-14)18-20-22-24(21-18)13-17(25)23(12-11-19)16-5-3-2-4-6-16/h2-10H,12-13H2,1H3. The summed E-state index contributed by atoms with van der Waals surface area (Å²) in [5.41, 5.74) is 2.63. The third kappa shape index (κ3) is 3.87. The van der Waals surface area contributed by atoms with E-state index < -0.39 is 0 Å². The average Bonchev–Trinajstić information content (AvgIpc) is 3.09. The van der Waals surface area contributed by atoms with E-state index in [2.05, 4.69) is 15.4 Å². The molecule has 0 aliphatic heterocycles. The molecule has 0 atom stereocenters. The molecule has 1 heterocycles. The van der Waals surface area contributed by atoms with Crippen molar-refractivity contribution >= 4 is 11.6 Å².